The standard InChI is InChI=1S/C11H14Cl2O/c1-7(8(2)14)5-9-3-4-10(12)11(13)6-9/h3-4,6-8,14H,5H2,1-2H3. The van der Waals surface area contributed by atoms with E-state index in [2.05, 4.69) is 0 Å². The molecule has 1 aromatic carbocycles. The van der Waals surface area contributed by atoms with Crippen LogP contribution in [-0.2, 0) is 6.42 Å². The van der Waals surface area contributed by atoms with Crippen molar-refractivity contribution in [1.82, 2.24) is 0 Å². The van der Waals surface area contributed by atoms with E-state index in [0.717, 1.165) is 12.0 Å². The van der Waals surface area contributed by atoms with Crippen molar-refractivity contribution in [2.24, 2.45) is 5.92 Å². The van der Waals surface area contributed by atoms with E-state index in [-0.39, 0.29) is 12.0 Å². The van der Waals surface area contributed by atoms with Crippen LogP contribution in [-0.4, -0.2) is 11.2 Å². The Kier molecular flexibility index (Phi) is 4.24. The molecule has 0 aliphatic heterocycles. The van der Waals surface area contributed by atoms with Crippen LogP contribution < -0.4 is 0 Å². The predicted octanol–water partition coefficient (Wildman–Crippen LogP) is 3.55. The van der Waals surface area contributed by atoms with Crippen molar-refractivity contribution in [2.45, 2.75) is 26.4 Å². The van der Waals surface area contributed by atoms with Gasteiger partial charge in [-0.05, 0) is 37.0 Å². The van der Waals surface area contributed by atoms with E-state index < -0.39 is 0 Å². The number of benzene rings is 1. The first-order valence-corrected chi connectivity index (χ1v) is 5.38. The lowest BCUT2D eigenvalue weighted by atomic mass is 9.97. The topological polar surface area (TPSA) is 20.2 Å². The van der Waals surface area contributed by atoms with E-state index in [4.69, 9.17) is 23.2 Å². The van der Waals surface area contributed by atoms with Crippen LogP contribution in [0, 0.1) is 5.92 Å². The first-order valence-electron chi connectivity index (χ1n) is 4.62. The molecule has 78 valence electrons. The minimum atomic E-state index is -0.301. The minimum Gasteiger partial charge on any atom is -0.393 e. The van der Waals surface area contributed by atoms with E-state index >= 15 is 0 Å². The monoisotopic (exact) mass is 232 g/mol. The highest BCUT2D eigenvalue weighted by Crippen LogP contribution is 2.24. The van der Waals surface area contributed by atoms with Crippen LogP contribution in [0.3, 0.4) is 0 Å². The molecular weight excluding hydrogens is 219 g/mol. The van der Waals surface area contributed by atoms with Crippen LogP contribution >= 0.6 is 23.2 Å². The summed E-state index contributed by atoms with van der Waals surface area (Å²) in [6.07, 6.45) is 0.513. The lowest BCUT2D eigenvalue weighted by Gasteiger charge is -2.14. The first-order chi connectivity index (χ1) is 6.50. The molecule has 0 saturated carbocycles. The molecule has 0 aliphatic rings. The summed E-state index contributed by atoms with van der Waals surface area (Å²) in [5, 5.41) is 10.5. The van der Waals surface area contributed by atoms with Crippen LogP contribution in [0.15, 0.2) is 18.2 Å². The minimum absolute atomic E-state index is 0.229. The second kappa shape index (κ2) is 5.01. The Labute approximate surface area is 94.7 Å². The SMILES string of the molecule is CC(O)C(C)Cc1ccc(Cl)c(Cl)c1. The summed E-state index contributed by atoms with van der Waals surface area (Å²) in [5.41, 5.74) is 1.10. The van der Waals surface area contributed by atoms with Gasteiger partial charge in [0.15, 0.2) is 0 Å². The van der Waals surface area contributed by atoms with Crippen LogP contribution in [0.1, 0.15) is 19.4 Å². The molecule has 3 heteroatoms. The molecule has 1 aromatic rings. The lowest BCUT2D eigenvalue weighted by Crippen LogP contribution is -2.15. The molecular formula is C11H14Cl2O. The zero-order valence-corrected chi connectivity index (χ0v) is 9.81. The van der Waals surface area contributed by atoms with Gasteiger partial charge in [0.1, 0.15) is 0 Å². The maximum atomic E-state index is 9.35. The Bertz CT molecular complexity index is 310. The lowest BCUT2D eigenvalue weighted by molar-refractivity contribution is 0.135. The van der Waals surface area contributed by atoms with Crippen LogP contribution in [0.2, 0.25) is 10.0 Å². The van der Waals surface area contributed by atoms with E-state index in [1.807, 2.05) is 19.1 Å². The molecule has 0 bridgehead atoms. The normalized spacial score (nSPS) is 15.2. The van der Waals surface area contributed by atoms with Crippen LogP contribution in [0.25, 0.3) is 0 Å². The van der Waals surface area contributed by atoms with Crippen molar-refractivity contribution < 1.29 is 5.11 Å². The summed E-state index contributed by atoms with van der Waals surface area (Å²) in [4.78, 5) is 0. The van der Waals surface area contributed by atoms with E-state index in [1.165, 1.54) is 0 Å². The Morgan fingerprint density at radius 2 is 1.86 bits per heavy atom. The second-order valence-corrected chi connectivity index (χ2v) is 4.48. The van der Waals surface area contributed by atoms with Gasteiger partial charge in [0, 0.05) is 0 Å². The van der Waals surface area contributed by atoms with Crippen molar-refractivity contribution in [3.8, 4) is 0 Å². The molecule has 0 spiro atoms. The van der Waals surface area contributed by atoms with Gasteiger partial charge in [0.2, 0.25) is 0 Å². The molecule has 1 N–H and O–H groups in total. The molecule has 0 aromatic heterocycles. The molecule has 1 nitrogen and oxygen atoms in total. The Morgan fingerprint density at radius 3 is 2.36 bits per heavy atom. The Balaban J connectivity index is 2.73. The van der Waals surface area contributed by atoms with E-state index in [0.29, 0.717) is 10.0 Å². The number of halogens is 2. The molecule has 0 heterocycles. The molecule has 0 fully saturated rings. The summed E-state index contributed by atoms with van der Waals surface area (Å²) in [6.45, 7) is 3.80. The predicted molar refractivity (Wildman–Crippen MR) is 61.0 cm³/mol. The third kappa shape index (κ3) is 3.16. The zero-order valence-electron chi connectivity index (χ0n) is 8.30. The fourth-order valence-electron chi connectivity index (χ4n) is 1.21. The number of rotatable bonds is 3. The van der Waals surface area contributed by atoms with Gasteiger partial charge in [-0.15, -0.1) is 0 Å². The molecule has 0 aliphatic carbocycles. The summed E-state index contributed by atoms with van der Waals surface area (Å²) < 4.78 is 0. The highest BCUT2D eigenvalue weighted by Gasteiger charge is 2.10. The van der Waals surface area contributed by atoms with Crippen LogP contribution in [0.5, 0.6) is 0 Å². The summed E-state index contributed by atoms with van der Waals surface area (Å²) in [6, 6.07) is 5.57. The van der Waals surface area contributed by atoms with Crippen LogP contribution in [0.4, 0.5) is 0 Å². The Morgan fingerprint density at radius 1 is 1.21 bits per heavy atom. The van der Waals surface area contributed by atoms with Gasteiger partial charge < -0.3 is 5.11 Å². The van der Waals surface area contributed by atoms with Gasteiger partial charge in [0.05, 0.1) is 16.1 Å². The van der Waals surface area contributed by atoms with Crippen molar-refractivity contribution in [3.63, 3.8) is 0 Å². The van der Waals surface area contributed by atoms with Crippen molar-refractivity contribution >= 4 is 23.2 Å². The summed E-state index contributed by atoms with van der Waals surface area (Å²) in [7, 11) is 0. The van der Waals surface area contributed by atoms with Gasteiger partial charge in [-0.1, -0.05) is 36.2 Å². The molecule has 2 atom stereocenters. The third-order valence-corrected chi connectivity index (χ3v) is 3.10. The first kappa shape index (κ1) is 11.8. The van der Waals surface area contributed by atoms with Crippen molar-refractivity contribution in [1.29, 1.82) is 0 Å². The maximum Gasteiger partial charge on any atom is 0.0595 e. The smallest absolute Gasteiger partial charge is 0.0595 e. The number of aliphatic hydroxyl groups excluding tert-OH is 1. The fraction of sp³-hybridized carbons (Fsp3) is 0.455. The highest BCUT2D eigenvalue weighted by atomic mass is 35.5. The molecule has 0 saturated heterocycles. The van der Waals surface area contributed by atoms with Gasteiger partial charge in [0.25, 0.3) is 0 Å². The number of hydrogen-bond donors (Lipinski definition) is 1. The molecule has 2 unspecified atom stereocenters. The van der Waals surface area contributed by atoms with Crippen molar-refractivity contribution in [2.75, 3.05) is 0 Å². The second-order valence-electron chi connectivity index (χ2n) is 3.67. The molecule has 0 amide bonds. The highest BCUT2D eigenvalue weighted by molar-refractivity contribution is 6.42. The molecule has 0 radical (unpaired) electrons. The maximum absolute atomic E-state index is 9.35. The number of hydrogen-bond acceptors (Lipinski definition) is 1. The summed E-state index contributed by atoms with van der Waals surface area (Å²) >= 11 is 11.7. The molecule has 1 rings (SSSR count). The van der Waals surface area contributed by atoms with E-state index in [9.17, 15) is 5.11 Å². The zero-order chi connectivity index (χ0) is 10.7. The van der Waals surface area contributed by atoms with Crippen molar-refractivity contribution in [3.05, 3.63) is 33.8 Å². The average Bonchev–Trinajstić information content (AvgIpc) is 2.11. The molecule has 14 heavy (non-hydrogen) atoms. The Hall–Kier alpha value is -0.240. The van der Waals surface area contributed by atoms with Gasteiger partial charge >= 0.3 is 0 Å². The van der Waals surface area contributed by atoms with Gasteiger partial charge in [-0.25, -0.2) is 0 Å². The largest absolute Gasteiger partial charge is 0.393 e. The average molecular weight is 233 g/mol. The number of aliphatic hydroxyl groups is 1. The fourth-order valence-corrected chi connectivity index (χ4v) is 1.53. The quantitative estimate of drug-likeness (QED) is 0.846. The van der Waals surface area contributed by atoms with Gasteiger partial charge in [-0.2, -0.15) is 0 Å². The summed E-state index contributed by atoms with van der Waals surface area (Å²) in [5.74, 6) is 0.229. The van der Waals surface area contributed by atoms with E-state index in [1.54, 1.807) is 13.0 Å². The third-order valence-electron chi connectivity index (χ3n) is 2.37. The van der Waals surface area contributed by atoms with Gasteiger partial charge in [-0.3, -0.25) is 0 Å².